The molecule has 2 aliphatic rings. The van der Waals surface area contributed by atoms with Crippen LogP contribution in [0.25, 0.3) is 0 Å². The van der Waals surface area contributed by atoms with E-state index in [4.69, 9.17) is 4.74 Å². The molecule has 1 saturated carbocycles. The maximum atomic E-state index is 6.37. The van der Waals surface area contributed by atoms with Crippen LogP contribution in [0.15, 0.2) is 0 Å². The summed E-state index contributed by atoms with van der Waals surface area (Å²) < 4.78 is 6.37. The van der Waals surface area contributed by atoms with Crippen molar-refractivity contribution >= 4 is 0 Å². The third-order valence-electron chi connectivity index (χ3n) is 4.63. The van der Waals surface area contributed by atoms with Crippen molar-refractivity contribution in [3.05, 3.63) is 0 Å². The van der Waals surface area contributed by atoms with Gasteiger partial charge in [0.05, 0.1) is 11.7 Å². The highest BCUT2D eigenvalue weighted by Crippen LogP contribution is 2.43. The largest absolute Gasteiger partial charge is 0.370 e. The molecular weight excluding hydrogens is 234 g/mol. The van der Waals surface area contributed by atoms with Gasteiger partial charge in [0, 0.05) is 12.1 Å². The Morgan fingerprint density at radius 3 is 2.26 bits per heavy atom. The minimum Gasteiger partial charge on any atom is -0.370 e. The van der Waals surface area contributed by atoms with E-state index in [1.165, 1.54) is 44.9 Å². The van der Waals surface area contributed by atoms with E-state index in [2.05, 4.69) is 39.9 Å². The van der Waals surface area contributed by atoms with Crippen LogP contribution < -0.4 is 5.32 Å². The normalized spacial score (nSPS) is 27.3. The first-order valence-electron chi connectivity index (χ1n) is 8.13. The molecule has 19 heavy (non-hydrogen) atoms. The van der Waals surface area contributed by atoms with Gasteiger partial charge in [0.25, 0.3) is 0 Å². The summed E-state index contributed by atoms with van der Waals surface area (Å²) in [7, 11) is 0. The summed E-state index contributed by atoms with van der Waals surface area (Å²) in [6.45, 7) is 12.6. The molecule has 1 atom stereocenters. The van der Waals surface area contributed by atoms with E-state index < -0.39 is 0 Å². The first-order chi connectivity index (χ1) is 8.70. The molecule has 0 aromatic heterocycles. The van der Waals surface area contributed by atoms with Gasteiger partial charge >= 0.3 is 0 Å². The van der Waals surface area contributed by atoms with Gasteiger partial charge in [-0.1, -0.05) is 33.6 Å². The standard InChI is InChI=1S/C17H33NO/c1-15(2,3)13-16(4,5)18-12-14-8-11-17(19-14)9-6-7-10-17/h14,18H,6-13H2,1-5H3. The summed E-state index contributed by atoms with van der Waals surface area (Å²) in [5.41, 5.74) is 0.854. The van der Waals surface area contributed by atoms with Gasteiger partial charge < -0.3 is 10.1 Å². The highest BCUT2D eigenvalue weighted by atomic mass is 16.5. The van der Waals surface area contributed by atoms with Crippen LogP contribution in [0.3, 0.4) is 0 Å². The number of rotatable bonds is 4. The zero-order valence-electron chi connectivity index (χ0n) is 13.6. The second-order valence-electron chi connectivity index (χ2n) is 8.67. The van der Waals surface area contributed by atoms with Crippen molar-refractivity contribution < 1.29 is 4.74 Å². The summed E-state index contributed by atoms with van der Waals surface area (Å²) in [6.07, 6.45) is 9.52. The van der Waals surface area contributed by atoms with E-state index in [1.54, 1.807) is 0 Å². The summed E-state index contributed by atoms with van der Waals surface area (Å²) >= 11 is 0. The lowest BCUT2D eigenvalue weighted by atomic mass is 9.82. The van der Waals surface area contributed by atoms with E-state index in [0.717, 1.165) is 6.54 Å². The maximum Gasteiger partial charge on any atom is 0.0708 e. The van der Waals surface area contributed by atoms with E-state index in [0.29, 0.717) is 11.5 Å². The molecule has 0 bridgehead atoms. The summed E-state index contributed by atoms with van der Waals surface area (Å²) in [5.74, 6) is 0. The Kier molecular flexibility index (Phi) is 4.32. The fourth-order valence-electron chi connectivity index (χ4n) is 4.20. The second-order valence-corrected chi connectivity index (χ2v) is 8.67. The topological polar surface area (TPSA) is 21.3 Å². The second kappa shape index (κ2) is 5.37. The van der Waals surface area contributed by atoms with Crippen molar-refractivity contribution in [2.75, 3.05) is 6.54 Å². The molecule has 1 aliphatic carbocycles. The molecule has 2 rings (SSSR count). The van der Waals surface area contributed by atoms with Gasteiger partial charge in [-0.05, 0) is 51.4 Å². The highest BCUT2D eigenvalue weighted by molar-refractivity contribution is 4.94. The molecule has 1 spiro atoms. The molecule has 1 saturated heterocycles. The molecule has 1 aliphatic heterocycles. The van der Waals surface area contributed by atoms with Crippen LogP contribution in [0.4, 0.5) is 0 Å². The van der Waals surface area contributed by atoms with Gasteiger partial charge in [0.15, 0.2) is 0 Å². The van der Waals surface area contributed by atoms with Crippen molar-refractivity contribution in [2.24, 2.45) is 5.41 Å². The lowest BCUT2D eigenvalue weighted by molar-refractivity contribution is -0.0376. The third kappa shape index (κ3) is 4.46. The average molecular weight is 267 g/mol. The SMILES string of the molecule is CC(C)(C)CC(C)(C)NCC1CCC2(CCCC2)O1. The van der Waals surface area contributed by atoms with Crippen LogP contribution in [0.2, 0.25) is 0 Å². The zero-order chi connectivity index (χ0) is 14.1. The molecule has 0 amide bonds. The Balaban J connectivity index is 1.77. The van der Waals surface area contributed by atoms with Crippen molar-refractivity contribution in [3.63, 3.8) is 0 Å². The van der Waals surface area contributed by atoms with Crippen molar-refractivity contribution in [2.45, 2.75) is 96.8 Å². The fourth-order valence-corrected chi connectivity index (χ4v) is 4.20. The van der Waals surface area contributed by atoms with Gasteiger partial charge in [-0.25, -0.2) is 0 Å². The minimum atomic E-state index is 0.201. The fraction of sp³-hybridized carbons (Fsp3) is 1.00. The number of hydrogen-bond acceptors (Lipinski definition) is 2. The molecule has 2 fully saturated rings. The number of hydrogen-bond donors (Lipinski definition) is 1. The van der Waals surface area contributed by atoms with E-state index in [9.17, 15) is 0 Å². The molecule has 0 aromatic carbocycles. The molecule has 0 radical (unpaired) electrons. The third-order valence-corrected chi connectivity index (χ3v) is 4.63. The molecule has 2 nitrogen and oxygen atoms in total. The molecule has 0 aromatic rings. The van der Waals surface area contributed by atoms with Crippen molar-refractivity contribution in [1.29, 1.82) is 0 Å². The summed E-state index contributed by atoms with van der Waals surface area (Å²) in [4.78, 5) is 0. The van der Waals surface area contributed by atoms with Gasteiger partial charge in [-0.15, -0.1) is 0 Å². The smallest absolute Gasteiger partial charge is 0.0708 e. The molecule has 1 heterocycles. The highest BCUT2D eigenvalue weighted by Gasteiger charge is 2.42. The Hall–Kier alpha value is -0.0800. The zero-order valence-corrected chi connectivity index (χ0v) is 13.6. The van der Waals surface area contributed by atoms with Crippen LogP contribution in [0.1, 0.15) is 79.6 Å². The number of nitrogens with one attached hydrogen (secondary N) is 1. The lowest BCUT2D eigenvalue weighted by Gasteiger charge is -2.34. The minimum absolute atomic E-state index is 0.201. The van der Waals surface area contributed by atoms with Crippen LogP contribution in [0.5, 0.6) is 0 Å². The molecule has 2 heteroatoms. The van der Waals surface area contributed by atoms with Crippen LogP contribution in [-0.2, 0) is 4.74 Å². The maximum absolute atomic E-state index is 6.37. The Morgan fingerprint density at radius 1 is 1.05 bits per heavy atom. The predicted molar refractivity (Wildman–Crippen MR) is 81.5 cm³/mol. The quantitative estimate of drug-likeness (QED) is 0.820. The van der Waals surface area contributed by atoms with Gasteiger partial charge in [0.1, 0.15) is 0 Å². The first kappa shape index (κ1) is 15.3. The van der Waals surface area contributed by atoms with Crippen molar-refractivity contribution in [3.8, 4) is 0 Å². The summed E-state index contributed by atoms with van der Waals surface area (Å²) in [5, 5.41) is 3.74. The Morgan fingerprint density at radius 2 is 1.68 bits per heavy atom. The lowest BCUT2D eigenvalue weighted by Crippen LogP contribution is -2.46. The van der Waals surface area contributed by atoms with E-state index >= 15 is 0 Å². The number of ether oxygens (including phenoxy) is 1. The monoisotopic (exact) mass is 267 g/mol. The van der Waals surface area contributed by atoms with E-state index in [-0.39, 0.29) is 11.1 Å². The molecule has 1 N–H and O–H groups in total. The van der Waals surface area contributed by atoms with Crippen molar-refractivity contribution in [1.82, 2.24) is 5.32 Å². The van der Waals surface area contributed by atoms with E-state index in [1.807, 2.05) is 0 Å². The van der Waals surface area contributed by atoms with Crippen LogP contribution in [-0.4, -0.2) is 23.8 Å². The average Bonchev–Trinajstić information content (AvgIpc) is 2.84. The van der Waals surface area contributed by atoms with Gasteiger partial charge in [-0.3, -0.25) is 0 Å². The van der Waals surface area contributed by atoms with Crippen LogP contribution in [0, 0.1) is 5.41 Å². The first-order valence-corrected chi connectivity index (χ1v) is 8.13. The van der Waals surface area contributed by atoms with Crippen LogP contribution >= 0.6 is 0 Å². The molecular formula is C17H33NO. The summed E-state index contributed by atoms with van der Waals surface area (Å²) in [6, 6.07) is 0. The molecule has 1 unspecified atom stereocenters. The molecule has 112 valence electrons. The van der Waals surface area contributed by atoms with Gasteiger partial charge in [-0.2, -0.15) is 0 Å². The Bertz CT molecular complexity index is 297. The van der Waals surface area contributed by atoms with Gasteiger partial charge in [0.2, 0.25) is 0 Å². The predicted octanol–water partition coefficient (Wildman–Crippen LogP) is 4.28. The Labute approximate surface area is 119 Å².